The Labute approximate surface area is 115 Å². The van der Waals surface area contributed by atoms with Crippen LogP contribution in [0.5, 0.6) is 0 Å². The molecule has 1 rings (SSSR count). The van der Waals surface area contributed by atoms with Gasteiger partial charge in [0.05, 0.1) is 0 Å². The molecule has 0 spiro atoms. The van der Waals surface area contributed by atoms with Gasteiger partial charge in [-0.15, -0.1) is 6.58 Å². The molecule has 1 aliphatic rings. The summed E-state index contributed by atoms with van der Waals surface area (Å²) in [6, 6.07) is 0.584. The minimum atomic E-state index is -0.584. The van der Waals surface area contributed by atoms with Crippen molar-refractivity contribution in [2.24, 2.45) is 5.92 Å². The lowest BCUT2D eigenvalue weighted by Crippen LogP contribution is -2.44. The molecule has 0 aromatic heterocycles. The molecule has 1 heterocycles. The van der Waals surface area contributed by atoms with Crippen molar-refractivity contribution in [3.63, 3.8) is 0 Å². The third-order valence-corrected chi connectivity index (χ3v) is 3.54. The minimum Gasteiger partial charge on any atom is -0.348 e. The minimum absolute atomic E-state index is 0.318. The Hall–Kier alpha value is -1.36. The van der Waals surface area contributed by atoms with Crippen LogP contribution in [0.4, 0.5) is 0 Å². The van der Waals surface area contributed by atoms with E-state index in [2.05, 4.69) is 36.0 Å². The Bertz CT molecular complexity index is 321. The van der Waals surface area contributed by atoms with Gasteiger partial charge in [-0.1, -0.05) is 6.08 Å². The fourth-order valence-electron chi connectivity index (χ4n) is 2.24. The van der Waals surface area contributed by atoms with E-state index in [4.69, 9.17) is 0 Å². The first-order valence-electron chi connectivity index (χ1n) is 6.95. The van der Waals surface area contributed by atoms with Crippen molar-refractivity contribution in [1.82, 2.24) is 15.5 Å². The fraction of sp³-hybridized carbons (Fsp3) is 0.714. The molecule has 5 nitrogen and oxygen atoms in total. The molecular weight excluding hydrogens is 242 g/mol. The van der Waals surface area contributed by atoms with E-state index in [-0.39, 0.29) is 0 Å². The molecule has 0 aliphatic carbocycles. The van der Waals surface area contributed by atoms with Crippen LogP contribution in [-0.4, -0.2) is 48.9 Å². The molecule has 2 amide bonds. The highest BCUT2D eigenvalue weighted by atomic mass is 16.2. The molecule has 2 N–H and O–H groups in total. The van der Waals surface area contributed by atoms with Crippen LogP contribution >= 0.6 is 0 Å². The first kappa shape index (κ1) is 15.7. The van der Waals surface area contributed by atoms with Gasteiger partial charge in [-0.05, 0) is 45.7 Å². The first-order valence-corrected chi connectivity index (χ1v) is 6.95. The average molecular weight is 267 g/mol. The number of amides is 2. The highest BCUT2D eigenvalue weighted by molar-refractivity contribution is 6.35. The van der Waals surface area contributed by atoms with E-state index in [9.17, 15) is 9.59 Å². The second-order valence-corrected chi connectivity index (χ2v) is 5.28. The normalized spacial score (nSPS) is 17.2. The second-order valence-electron chi connectivity index (χ2n) is 5.28. The molecule has 5 heteroatoms. The summed E-state index contributed by atoms with van der Waals surface area (Å²) in [6.07, 6.45) is 3.70. The van der Waals surface area contributed by atoms with Gasteiger partial charge < -0.3 is 15.5 Å². The topological polar surface area (TPSA) is 61.4 Å². The van der Waals surface area contributed by atoms with E-state index in [1.807, 2.05) is 0 Å². The number of carbonyl (C=O) groups is 2. The number of rotatable bonds is 5. The molecule has 0 aromatic carbocycles. The number of nitrogens with zero attached hydrogens (tertiary/aromatic N) is 1. The fourth-order valence-corrected chi connectivity index (χ4v) is 2.24. The Morgan fingerprint density at radius 1 is 1.26 bits per heavy atom. The Morgan fingerprint density at radius 2 is 1.84 bits per heavy atom. The molecule has 0 radical (unpaired) electrons. The SMILES string of the molecule is C=CCNC(=O)C(=O)NCC1CCN(C(C)C)CC1. The van der Waals surface area contributed by atoms with Crippen LogP contribution in [0.3, 0.4) is 0 Å². The lowest BCUT2D eigenvalue weighted by Gasteiger charge is -2.34. The summed E-state index contributed by atoms with van der Waals surface area (Å²) in [5.74, 6) is -0.654. The Kier molecular flexibility index (Phi) is 6.56. The van der Waals surface area contributed by atoms with Crippen molar-refractivity contribution in [1.29, 1.82) is 0 Å². The zero-order chi connectivity index (χ0) is 14.3. The van der Waals surface area contributed by atoms with Gasteiger partial charge in [-0.2, -0.15) is 0 Å². The Balaban J connectivity index is 2.21. The molecular formula is C14H25N3O2. The molecule has 0 bridgehead atoms. The van der Waals surface area contributed by atoms with Crippen LogP contribution in [0.2, 0.25) is 0 Å². The van der Waals surface area contributed by atoms with Crippen molar-refractivity contribution in [2.75, 3.05) is 26.2 Å². The van der Waals surface area contributed by atoms with Gasteiger partial charge in [0.15, 0.2) is 0 Å². The highest BCUT2D eigenvalue weighted by Crippen LogP contribution is 2.17. The van der Waals surface area contributed by atoms with Crippen LogP contribution in [0, 0.1) is 5.92 Å². The molecule has 0 aromatic rings. The van der Waals surface area contributed by atoms with Crippen LogP contribution in [0.15, 0.2) is 12.7 Å². The number of hydrogen-bond donors (Lipinski definition) is 2. The second kappa shape index (κ2) is 7.94. The monoisotopic (exact) mass is 267 g/mol. The molecule has 108 valence electrons. The maximum absolute atomic E-state index is 11.5. The summed E-state index contributed by atoms with van der Waals surface area (Å²) in [5.41, 5.74) is 0. The van der Waals surface area contributed by atoms with E-state index in [1.54, 1.807) is 6.08 Å². The molecule has 0 unspecified atom stereocenters. The number of carbonyl (C=O) groups excluding carboxylic acids is 2. The maximum Gasteiger partial charge on any atom is 0.309 e. The van der Waals surface area contributed by atoms with Crippen LogP contribution < -0.4 is 10.6 Å². The largest absolute Gasteiger partial charge is 0.348 e. The van der Waals surface area contributed by atoms with Crippen molar-refractivity contribution < 1.29 is 9.59 Å². The van der Waals surface area contributed by atoms with Gasteiger partial charge in [0, 0.05) is 19.1 Å². The van der Waals surface area contributed by atoms with Crippen molar-refractivity contribution in [3.8, 4) is 0 Å². The Morgan fingerprint density at radius 3 is 2.37 bits per heavy atom. The van der Waals surface area contributed by atoms with E-state index >= 15 is 0 Å². The molecule has 19 heavy (non-hydrogen) atoms. The molecule has 1 saturated heterocycles. The zero-order valence-corrected chi connectivity index (χ0v) is 11.9. The zero-order valence-electron chi connectivity index (χ0n) is 11.9. The number of piperidine rings is 1. The summed E-state index contributed by atoms with van der Waals surface area (Å²) < 4.78 is 0. The van der Waals surface area contributed by atoms with Gasteiger partial charge in [0.1, 0.15) is 0 Å². The standard InChI is InChI=1S/C14H25N3O2/c1-4-7-15-13(18)14(19)16-10-12-5-8-17(9-6-12)11(2)3/h4,11-12H,1,5-10H2,2-3H3,(H,15,18)(H,16,19). The lowest BCUT2D eigenvalue weighted by molar-refractivity contribution is -0.139. The summed E-state index contributed by atoms with van der Waals surface area (Å²) >= 11 is 0. The summed E-state index contributed by atoms with van der Waals surface area (Å²) in [7, 11) is 0. The van der Waals surface area contributed by atoms with Gasteiger partial charge in [-0.25, -0.2) is 0 Å². The van der Waals surface area contributed by atoms with Crippen LogP contribution in [-0.2, 0) is 9.59 Å². The third-order valence-electron chi connectivity index (χ3n) is 3.54. The maximum atomic E-state index is 11.5. The molecule has 0 atom stereocenters. The summed E-state index contributed by atoms with van der Waals surface area (Å²) in [4.78, 5) is 25.3. The highest BCUT2D eigenvalue weighted by Gasteiger charge is 2.22. The summed E-state index contributed by atoms with van der Waals surface area (Å²) in [6.45, 7) is 10.9. The number of nitrogens with one attached hydrogen (secondary N) is 2. The first-order chi connectivity index (χ1) is 9.04. The lowest BCUT2D eigenvalue weighted by atomic mass is 9.96. The van der Waals surface area contributed by atoms with Crippen molar-refractivity contribution >= 4 is 11.8 Å². The molecule has 1 aliphatic heterocycles. The smallest absolute Gasteiger partial charge is 0.309 e. The van der Waals surface area contributed by atoms with Gasteiger partial charge >= 0.3 is 11.8 Å². The third kappa shape index (κ3) is 5.42. The van der Waals surface area contributed by atoms with Crippen LogP contribution in [0.1, 0.15) is 26.7 Å². The van der Waals surface area contributed by atoms with E-state index in [0.717, 1.165) is 25.9 Å². The molecule has 1 fully saturated rings. The van der Waals surface area contributed by atoms with E-state index in [0.29, 0.717) is 25.0 Å². The van der Waals surface area contributed by atoms with E-state index in [1.165, 1.54) is 0 Å². The van der Waals surface area contributed by atoms with E-state index < -0.39 is 11.8 Å². The van der Waals surface area contributed by atoms with Crippen molar-refractivity contribution in [3.05, 3.63) is 12.7 Å². The quantitative estimate of drug-likeness (QED) is 0.564. The summed E-state index contributed by atoms with van der Waals surface area (Å²) in [5, 5.41) is 5.17. The van der Waals surface area contributed by atoms with Gasteiger partial charge in [0.25, 0.3) is 0 Å². The molecule has 0 saturated carbocycles. The predicted octanol–water partition coefficient (Wildman–Crippen LogP) is 0.525. The predicted molar refractivity (Wildman–Crippen MR) is 75.6 cm³/mol. The average Bonchev–Trinajstić information content (AvgIpc) is 2.42. The van der Waals surface area contributed by atoms with Crippen molar-refractivity contribution in [2.45, 2.75) is 32.7 Å². The van der Waals surface area contributed by atoms with Crippen LogP contribution in [0.25, 0.3) is 0 Å². The number of hydrogen-bond acceptors (Lipinski definition) is 3. The van der Waals surface area contributed by atoms with Gasteiger partial charge in [-0.3, -0.25) is 9.59 Å². The number of likely N-dealkylation sites (tertiary alicyclic amines) is 1. The van der Waals surface area contributed by atoms with Gasteiger partial charge in [0.2, 0.25) is 0 Å².